The van der Waals surface area contributed by atoms with Gasteiger partial charge in [-0.3, -0.25) is 4.79 Å². The minimum absolute atomic E-state index is 0. The van der Waals surface area contributed by atoms with Gasteiger partial charge in [-0.15, -0.1) is 24.8 Å². The van der Waals surface area contributed by atoms with Gasteiger partial charge in [0.15, 0.2) is 0 Å². The topological polar surface area (TPSA) is 57.3 Å². The minimum Gasteiger partial charge on any atom is -0.357 e. The van der Waals surface area contributed by atoms with Crippen molar-refractivity contribution in [2.75, 3.05) is 29.9 Å². The van der Waals surface area contributed by atoms with E-state index in [0.717, 1.165) is 37.4 Å². The first kappa shape index (κ1) is 24.1. The Morgan fingerprint density at radius 3 is 2.68 bits per heavy atom. The number of carbonyl (C=O) groups is 1. The minimum atomic E-state index is -0.352. The van der Waals surface area contributed by atoms with Crippen molar-refractivity contribution in [2.45, 2.75) is 33.2 Å². The lowest BCUT2D eigenvalue weighted by Gasteiger charge is -2.21. The van der Waals surface area contributed by atoms with Gasteiger partial charge in [0, 0.05) is 25.8 Å². The van der Waals surface area contributed by atoms with Crippen LogP contribution in [0, 0.1) is 5.82 Å². The number of aromatic nitrogens is 1. The molecule has 1 aliphatic heterocycles. The molecular formula is C20H27Cl2FN4O. The lowest BCUT2D eigenvalue weighted by atomic mass is 9.99. The van der Waals surface area contributed by atoms with E-state index >= 15 is 0 Å². The van der Waals surface area contributed by atoms with Gasteiger partial charge in [0.1, 0.15) is 11.6 Å². The van der Waals surface area contributed by atoms with Crippen molar-refractivity contribution < 1.29 is 9.18 Å². The molecule has 0 saturated carbocycles. The molecule has 0 atom stereocenters. The molecule has 2 N–H and O–H groups in total. The van der Waals surface area contributed by atoms with Crippen molar-refractivity contribution in [3.8, 4) is 0 Å². The summed E-state index contributed by atoms with van der Waals surface area (Å²) in [4.78, 5) is 19.0. The second-order valence-electron chi connectivity index (χ2n) is 6.43. The normalized spacial score (nSPS) is 12.2. The van der Waals surface area contributed by atoms with Gasteiger partial charge in [0.2, 0.25) is 0 Å². The van der Waals surface area contributed by atoms with E-state index in [4.69, 9.17) is 0 Å². The number of nitrogens with one attached hydrogen (secondary N) is 2. The molecular weight excluding hydrogens is 402 g/mol. The van der Waals surface area contributed by atoms with Crippen LogP contribution in [0.15, 0.2) is 30.5 Å². The molecule has 2 aromatic rings. The van der Waals surface area contributed by atoms with E-state index < -0.39 is 0 Å². The summed E-state index contributed by atoms with van der Waals surface area (Å²) >= 11 is 0. The van der Waals surface area contributed by atoms with Gasteiger partial charge < -0.3 is 15.5 Å². The number of pyridine rings is 1. The fourth-order valence-electron chi connectivity index (χ4n) is 3.24. The molecule has 0 saturated heterocycles. The van der Waals surface area contributed by atoms with Gasteiger partial charge in [-0.05, 0) is 55.6 Å². The summed E-state index contributed by atoms with van der Waals surface area (Å²) in [6, 6.07) is 7.06. The average molecular weight is 429 g/mol. The first-order chi connectivity index (χ1) is 12.6. The van der Waals surface area contributed by atoms with Crippen molar-refractivity contribution in [3.63, 3.8) is 0 Å². The lowest BCUT2D eigenvalue weighted by Crippen LogP contribution is -2.25. The van der Waals surface area contributed by atoms with E-state index in [1.807, 2.05) is 12.1 Å². The van der Waals surface area contributed by atoms with Gasteiger partial charge in [-0.2, -0.15) is 0 Å². The van der Waals surface area contributed by atoms with Gasteiger partial charge >= 0.3 is 0 Å². The molecule has 2 heterocycles. The smallest absolute Gasteiger partial charge is 0.257 e. The monoisotopic (exact) mass is 428 g/mol. The predicted octanol–water partition coefficient (Wildman–Crippen LogP) is 4.20. The van der Waals surface area contributed by atoms with Crippen LogP contribution >= 0.6 is 24.8 Å². The standard InChI is InChI=1S/C20H25FN4O.2ClH/c1-3-11-25(4-2)18-8-6-15(13-23-18)20(26)24-17-7-5-14-12-22-10-9-16(14)19(17)21;;/h5-8,13,22H,3-4,9-12H2,1-2H3,(H,24,26);2*1H. The number of amides is 1. The maximum atomic E-state index is 14.7. The van der Waals surface area contributed by atoms with Crippen molar-refractivity contribution in [1.82, 2.24) is 10.3 Å². The Hall–Kier alpha value is -1.89. The lowest BCUT2D eigenvalue weighted by molar-refractivity contribution is 0.102. The van der Waals surface area contributed by atoms with E-state index in [0.29, 0.717) is 24.1 Å². The molecule has 1 aliphatic rings. The number of carbonyl (C=O) groups excluding carboxylic acids is 1. The number of halogens is 3. The van der Waals surface area contributed by atoms with E-state index in [9.17, 15) is 9.18 Å². The molecule has 0 radical (unpaired) electrons. The molecule has 1 aromatic carbocycles. The zero-order valence-electron chi connectivity index (χ0n) is 16.1. The average Bonchev–Trinajstić information content (AvgIpc) is 2.68. The van der Waals surface area contributed by atoms with Crippen molar-refractivity contribution in [3.05, 3.63) is 53.0 Å². The van der Waals surface area contributed by atoms with Crippen LogP contribution in [0.3, 0.4) is 0 Å². The fraction of sp³-hybridized carbons (Fsp3) is 0.400. The number of anilines is 2. The predicted molar refractivity (Wildman–Crippen MR) is 117 cm³/mol. The second-order valence-corrected chi connectivity index (χ2v) is 6.43. The summed E-state index contributed by atoms with van der Waals surface area (Å²) in [7, 11) is 0. The Kier molecular flexibility index (Phi) is 9.65. The number of rotatable bonds is 6. The number of hydrogen-bond donors (Lipinski definition) is 2. The van der Waals surface area contributed by atoms with Crippen LogP contribution in [-0.2, 0) is 13.0 Å². The van der Waals surface area contributed by atoms with Crippen molar-refractivity contribution in [1.29, 1.82) is 0 Å². The summed E-state index contributed by atoms with van der Waals surface area (Å²) in [6.45, 7) is 7.39. The van der Waals surface area contributed by atoms with Crippen LogP contribution < -0.4 is 15.5 Å². The molecule has 28 heavy (non-hydrogen) atoms. The molecule has 3 rings (SSSR count). The quantitative estimate of drug-likeness (QED) is 0.723. The maximum absolute atomic E-state index is 14.7. The second kappa shape index (κ2) is 11.2. The highest BCUT2D eigenvalue weighted by Crippen LogP contribution is 2.25. The molecule has 0 aliphatic carbocycles. The zero-order chi connectivity index (χ0) is 18.5. The van der Waals surface area contributed by atoms with Crippen LogP contribution in [0.1, 0.15) is 41.8 Å². The third-order valence-corrected chi connectivity index (χ3v) is 4.66. The summed E-state index contributed by atoms with van der Waals surface area (Å²) in [5.41, 5.74) is 2.28. The molecule has 8 heteroatoms. The Balaban J connectivity index is 0.00000196. The first-order valence-electron chi connectivity index (χ1n) is 9.17. The maximum Gasteiger partial charge on any atom is 0.257 e. The van der Waals surface area contributed by atoms with Crippen LogP contribution in [0.25, 0.3) is 0 Å². The zero-order valence-corrected chi connectivity index (χ0v) is 17.8. The van der Waals surface area contributed by atoms with Crippen LogP contribution in [-0.4, -0.2) is 30.5 Å². The Bertz CT molecular complexity index is 787. The summed E-state index contributed by atoms with van der Waals surface area (Å²) in [5.74, 6) is 0.163. The number of hydrogen-bond acceptors (Lipinski definition) is 4. The molecule has 0 fully saturated rings. The highest BCUT2D eigenvalue weighted by molar-refractivity contribution is 6.04. The van der Waals surface area contributed by atoms with E-state index in [2.05, 4.69) is 34.4 Å². The number of benzene rings is 1. The third kappa shape index (κ3) is 5.34. The van der Waals surface area contributed by atoms with Gasteiger partial charge in [0.25, 0.3) is 5.91 Å². The van der Waals surface area contributed by atoms with Crippen LogP contribution in [0.2, 0.25) is 0 Å². The SMILES string of the molecule is CCCN(CC)c1ccc(C(=O)Nc2ccc3c(c2F)CCNC3)cn1.Cl.Cl. The number of nitrogens with zero attached hydrogens (tertiary/aromatic N) is 2. The molecule has 1 amide bonds. The van der Waals surface area contributed by atoms with Crippen LogP contribution in [0.5, 0.6) is 0 Å². The first-order valence-corrected chi connectivity index (χ1v) is 9.17. The summed E-state index contributed by atoms with van der Waals surface area (Å²) < 4.78 is 14.7. The molecule has 0 bridgehead atoms. The highest BCUT2D eigenvalue weighted by atomic mass is 35.5. The van der Waals surface area contributed by atoms with Gasteiger partial charge in [-0.25, -0.2) is 9.37 Å². The third-order valence-electron chi connectivity index (χ3n) is 4.66. The largest absolute Gasteiger partial charge is 0.357 e. The molecule has 0 spiro atoms. The van der Waals surface area contributed by atoms with Gasteiger partial charge in [-0.1, -0.05) is 13.0 Å². The van der Waals surface area contributed by atoms with E-state index in [1.165, 1.54) is 0 Å². The van der Waals surface area contributed by atoms with E-state index in [-0.39, 0.29) is 42.2 Å². The summed E-state index contributed by atoms with van der Waals surface area (Å²) in [6.07, 6.45) is 3.21. The molecule has 0 unspecified atom stereocenters. The van der Waals surface area contributed by atoms with Crippen molar-refractivity contribution in [2.24, 2.45) is 0 Å². The summed E-state index contributed by atoms with van der Waals surface area (Å²) in [5, 5.41) is 5.89. The van der Waals surface area contributed by atoms with Crippen LogP contribution in [0.4, 0.5) is 15.9 Å². The van der Waals surface area contributed by atoms with Crippen molar-refractivity contribution >= 4 is 42.2 Å². The highest BCUT2D eigenvalue weighted by Gasteiger charge is 2.18. The molecule has 5 nitrogen and oxygen atoms in total. The number of fused-ring (bicyclic) bond motifs is 1. The van der Waals surface area contributed by atoms with Gasteiger partial charge in [0.05, 0.1) is 11.3 Å². The Morgan fingerprint density at radius 1 is 1.25 bits per heavy atom. The fourth-order valence-corrected chi connectivity index (χ4v) is 3.24. The van der Waals surface area contributed by atoms with E-state index in [1.54, 1.807) is 18.3 Å². The molecule has 1 aromatic heterocycles. The Labute approximate surface area is 177 Å². The molecule has 154 valence electrons. The Morgan fingerprint density at radius 2 is 2.04 bits per heavy atom.